The van der Waals surface area contributed by atoms with Crippen molar-refractivity contribution in [3.05, 3.63) is 44.3 Å². The van der Waals surface area contributed by atoms with Crippen molar-refractivity contribution >= 4 is 11.3 Å². The molecule has 1 saturated carbocycles. The van der Waals surface area contributed by atoms with Crippen LogP contribution in [0.3, 0.4) is 0 Å². The summed E-state index contributed by atoms with van der Waals surface area (Å²) < 4.78 is 1.58. The van der Waals surface area contributed by atoms with Crippen LogP contribution in [-0.2, 0) is 13.1 Å². The molecule has 0 spiro atoms. The zero-order valence-corrected chi connectivity index (χ0v) is 17.0. The van der Waals surface area contributed by atoms with Crippen molar-refractivity contribution < 1.29 is 0 Å². The Hall–Kier alpha value is -1.57. The number of hydrogen-bond acceptors (Lipinski definition) is 6. The number of hydrogen-bond donors (Lipinski definition) is 0. The highest BCUT2D eigenvalue weighted by molar-refractivity contribution is 7.09. The van der Waals surface area contributed by atoms with Crippen LogP contribution in [0.15, 0.2) is 22.3 Å². The highest BCUT2D eigenvalue weighted by Crippen LogP contribution is 2.35. The Labute approximate surface area is 164 Å². The maximum absolute atomic E-state index is 11.9. The van der Waals surface area contributed by atoms with Crippen LogP contribution in [0.5, 0.6) is 0 Å². The fraction of sp³-hybridized carbons (Fsp3) is 0.650. The van der Waals surface area contributed by atoms with E-state index in [0.29, 0.717) is 6.54 Å². The monoisotopic (exact) mass is 387 g/mol. The first-order chi connectivity index (χ1) is 13.2. The molecule has 0 atom stereocenters. The lowest BCUT2D eigenvalue weighted by Gasteiger charge is -2.34. The molecule has 0 amide bonds. The fourth-order valence-electron chi connectivity index (χ4n) is 4.10. The SMILES string of the molecule is Cc1ccc(=O)n(CCN2CCN(Cc3csc(C4CCCC4)n3)CC2)n1. The molecule has 0 unspecified atom stereocenters. The summed E-state index contributed by atoms with van der Waals surface area (Å²) in [6, 6.07) is 3.38. The standard InChI is InChI=1S/C20H29N5OS/c1-16-6-7-19(26)25(22-16)13-12-23-8-10-24(11-9-23)14-18-15-27-20(21-18)17-4-2-3-5-17/h6-7,15,17H,2-5,8-14H2,1H3. The lowest BCUT2D eigenvalue weighted by molar-refractivity contribution is 0.122. The molecule has 0 bridgehead atoms. The normalized spacial score (nSPS) is 19.7. The Kier molecular flexibility index (Phi) is 6.00. The van der Waals surface area contributed by atoms with Crippen LogP contribution in [0.1, 0.15) is 48.0 Å². The molecule has 2 aromatic rings. The molecular weight excluding hydrogens is 358 g/mol. The number of aryl methyl sites for hydroxylation is 1. The molecule has 3 heterocycles. The van der Waals surface area contributed by atoms with Crippen LogP contribution in [0.2, 0.25) is 0 Å². The number of aromatic nitrogens is 3. The zero-order valence-electron chi connectivity index (χ0n) is 16.1. The zero-order chi connectivity index (χ0) is 18.6. The van der Waals surface area contributed by atoms with Gasteiger partial charge in [-0.05, 0) is 25.8 Å². The maximum atomic E-state index is 11.9. The van der Waals surface area contributed by atoms with Gasteiger partial charge in [0.05, 0.1) is 22.9 Å². The third-order valence-corrected chi connectivity index (χ3v) is 6.81. The van der Waals surface area contributed by atoms with Crippen LogP contribution < -0.4 is 5.56 Å². The smallest absolute Gasteiger partial charge is 0.266 e. The average Bonchev–Trinajstić information content (AvgIpc) is 3.35. The molecule has 6 nitrogen and oxygen atoms in total. The van der Waals surface area contributed by atoms with E-state index >= 15 is 0 Å². The van der Waals surface area contributed by atoms with E-state index < -0.39 is 0 Å². The molecule has 4 rings (SSSR count). The van der Waals surface area contributed by atoms with Gasteiger partial charge in [0.2, 0.25) is 0 Å². The van der Waals surface area contributed by atoms with Gasteiger partial charge in [-0.2, -0.15) is 5.10 Å². The minimum absolute atomic E-state index is 0.0131. The summed E-state index contributed by atoms with van der Waals surface area (Å²) >= 11 is 1.86. The Balaban J connectivity index is 1.23. The number of nitrogens with zero attached hydrogens (tertiary/aromatic N) is 5. The van der Waals surface area contributed by atoms with Crippen LogP contribution in [0.25, 0.3) is 0 Å². The van der Waals surface area contributed by atoms with Gasteiger partial charge in [-0.1, -0.05) is 12.8 Å². The summed E-state index contributed by atoms with van der Waals surface area (Å²) in [5.74, 6) is 0.722. The van der Waals surface area contributed by atoms with E-state index in [4.69, 9.17) is 4.98 Å². The van der Waals surface area contributed by atoms with E-state index in [1.807, 2.05) is 18.3 Å². The van der Waals surface area contributed by atoms with E-state index in [0.717, 1.165) is 50.9 Å². The average molecular weight is 388 g/mol. The molecule has 1 aliphatic carbocycles. The lowest BCUT2D eigenvalue weighted by atomic mass is 10.1. The van der Waals surface area contributed by atoms with Gasteiger partial charge in [0.25, 0.3) is 5.56 Å². The quantitative estimate of drug-likeness (QED) is 0.762. The number of rotatable bonds is 6. The van der Waals surface area contributed by atoms with E-state index in [1.54, 1.807) is 16.8 Å². The second-order valence-corrected chi connectivity index (χ2v) is 8.70. The first-order valence-corrected chi connectivity index (χ1v) is 11.0. The van der Waals surface area contributed by atoms with Crippen LogP contribution in [0.4, 0.5) is 0 Å². The Morgan fingerprint density at radius 2 is 1.81 bits per heavy atom. The van der Waals surface area contributed by atoms with Gasteiger partial charge in [0.1, 0.15) is 0 Å². The number of piperazine rings is 1. The molecule has 2 aromatic heterocycles. The molecule has 0 radical (unpaired) electrons. The highest BCUT2D eigenvalue weighted by atomic mass is 32.1. The van der Waals surface area contributed by atoms with Crippen molar-refractivity contribution in [2.45, 2.75) is 51.6 Å². The van der Waals surface area contributed by atoms with Gasteiger partial charge in [-0.25, -0.2) is 9.67 Å². The van der Waals surface area contributed by atoms with Crippen LogP contribution in [0, 0.1) is 6.92 Å². The van der Waals surface area contributed by atoms with Crippen molar-refractivity contribution in [2.75, 3.05) is 32.7 Å². The predicted molar refractivity (Wildman–Crippen MR) is 108 cm³/mol. The summed E-state index contributed by atoms with van der Waals surface area (Å²) in [6.45, 7) is 8.64. The molecule has 27 heavy (non-hydrogen) atoms. The minimum atomic E-state index is -0.0131. The van der Waals surface area contributed by atoms with E-state index in [-0.39, 0.29) is 5.56 Å². The third-order valence-electron chi connectivity index (χ3n) is 5.75. The molecule has 2 fully saturated rings. The fourth-order valence-corrected chi connectivity index (χ4v) is 5.09. The molecule has 146 valence electrons. The Bertz CT molecular complexity index is 803. The minimum Gasteiger partial charge on any atom is -0.299 e. The first kappa shape index (κ1) is 18.8. The largest absolute Gasteiger partial charge is 0.299 e. The van der Waals surface area contributed by atoms with Gasteiger partial charge in [-0.3, -0.25) is 14.6 Å². The molecule has 1 saturated heterocycles. The summed E-state index contributed by atoms with van der Waals surface area (Å²) in [5.41, 5.74) is 2.12. The molecule has 0 N–H and O–H groups in total. The van der Waals surface area contributed by atoms with Crippen molar-refractivity contribution in [3.8, 4) is 0 Å². The summed E-state index contributed by atoms with van der Waals surface area (Å²) in [4.78, 5) is 21.7. The molecular formula is C20H29N5OS. The molecule has 7 heteroatoms. The Morgan fingerprint density at radius 3 is 2.59 bits per heavy atom. The second-order valence-electron chi connectivity index (χ2n) is 7.81. The summed E-state index contributed by atoms with van der Waals surface area (Å²) in [5, 5.41) is 7.94. The van der Waals surface area contributed by atoms with E-state index in [9.17, 15) is 4.79 Å². The van der Waals surface area contributed by atoms with Gasteiger partial charge < -0.3 is 0 Å². The second kappa shape index (κ2) is 8.63. The van der Waals surface area contributed by atoms with Gasteiger partial charge >= 0.3 is 0 Å². The lowest BCUT2D eigenvalue weighted by Crippen LogP contribution is -2.47. The van der Waals surface area contributed by atoms with Gasteiger partial charge in [0.15, 0.2) is 0 Å². The third kappa shape index (κ3) is 4.83. The van der Waals surface area contributed by atoms with Crippen LogP contribution in [-0.4, -0.2) is 57.3 Å². The van der Waals surface area contributed by atoms with Crippen molar-refractivity contribution in [2.24, 2.45) is 0 Å². The molecule has 2 aliphatic rings. The van der Waals surface area contributed by atoms with Crippen molar-refractivity contribution in [1.82, 2.24) is 24.6 Å². The van der Waals surface area contributed by atoms with Crippen molar-refractivity contribution in [3.63, 3.8) is 0 Å². The maximum Gasteiger partial charge on any atom is 0.266 e. The van der Waals surface area contributed by atoms with E-state index in [2.05, 4.69) is 20.3 Å². The van der Waals surface area contributed by atoms with Crippen LogP contribution >= 0.6 is 11.3 Å². The highest BCUT2D eigenvalue weighted by Gasteiger charge is 2.22. The predicted octanol–water partition coefficient (Wildman–Crippen LogP) is 2.48. The summed E-state index contributed by atoms with van der Waals surface area (Å²) in [7, 11) is 0. The molecule has 1 aliphatic heterocycles. The molecule has 0 aromatic carbocycles. The first-order valence-electron chi connectivity index (χ1n) is 10.1. The number of thiazole rings is 1. The Morgan fingerprint density at radius 1 is 1.07 bits per heavy atom. The van der Waals surface area contributed by atoms with Crippen molar-refractivity contribution in [1.29, 1.82) is 0 Å². The van der Waals surface area contributed by atoms with E-state index in [1.165, 1.54) is 36.4 Å². The topological polar surface area (TPSA) is 54.3 Å². The van der Waals surface area contributed by atoms with Gasteiger partial charge in [-0.15, -0.1) is 11.3 Å². The van der Waals surface area contributed by atoms with Gasteiger partial charge in [0, 0.05) is 56.6 Å². The summed E-state index contributed by atoms with van der Waals surface area (Å²) in [6.07, 6.45) is 5.38.